The van der Waals surface area contributed by atoms with Crippen molar-refractivity contribution in [2.45, 2.75) is 18.9 Å². The molecule has 1 heterocycles. The smallest absolute Gasteiger partial charge is 0.0481 e. The molecule has 1 nitrogen and oxygen atoms in total. The first-order valence-corrected chi connectivity index (χ1v) is 5.34. The molecule has 74 valence electrons. The molecule has 2 rings (SSSR count). The normalized spacial score (nSPS) is 21.1. The molecular weight excluding hydrogens is 194 g/mol. The number of hydrogen-bond donors (Lipinski definition) is 1. The molecule has 0 saturated carbocycles. The quantitative estimate of drug-likeness (QED) is 0.786. The van der Waals surface area contributed by atoms with Gasteiger partial charge in [0.25, 0.3) is 0 Å². The molecule has 1 fully saturated rings. The first-order chi connectivity index (χ1) is 6.79. The molecule has 14 heavy (non-hydrogen) atoms. The zero-order valence-electron chi connectivity index (χ0n) is 8.09. The van der Waals surface area contributed by atoms with Gasteiger partial charge in [0.2, 0.25) is 0 Å². The molecule has 1 N–H and O–H groups in total. The summed E-state index contributed by atoms with van der Waals surface area (Å²) in [6.07, 6.45) is 2.40. The molecule has 1 aromatic carbocycles. The Bertz CT molecular complexity index is 340. The highest BCUT2D eigenvalue weighted by molar-refractivity contribution is 6.32. The van der Waals surface area contributed by atoms with Gasteiger partial charge in [0.15, 0.2) is 0 Å². The van der Waals surface area contributed by atoms with E-state index in [2.05, 4.69) is 11.9 Å². The first-order valence-electron chi connectivity index (χ1n) is 4.96. The lowest BCUT2D eigenvalue weighted by Gasteiger charge is -2.15. The summed E-state index contributed by atoms with van der Waals surface area (Å²) in [6, 6.07) is 8.31. The summed E-state index contributed by atoms with van der Waals surface area (Å²) in [4.78, 5) is 0. The van der Waals surface area contributed by atoms with E-state index in [1.165, 1.54) is 12.8 Å². The SMILES string of the molecule is C=C(c1ccccc1Cl)C1CCCN1. The van der Waals surface area contributed by atoms with E-state index >= 15 is 0 Å². The molecule has 1 aromatic rings. The summed E-state index contributed by atoms with van der Waals surface area (Å²) in [7, 11) is 0. The number of nitrogens with one attached hydrogen (secondary N) is 1. The largest absolute Gasteiger partial charge is 0.310 e. The Kier molecular flexibility index (Phi) is 2.90. The molecule has 0 amide bonds. The third-order valence-corrected chi connectivity index (χ3v) is 3.03. The summed E-state index contributed by atoms with van der Waals surface area (Å²) in [6.45, 7) is 5.21. The van der Waals surface area contributed by atoms with Crippen molar-refractivity contribution in [2.24, 2.45) is 0 Å². The molecule has 1 saturated heterocycles. The van der Waals surface area contributed by atoms with Crippen LogP contribution in [0.1, 0.15) is 18.4 Å². The molecule has 0 bridgehead atoms. The number of hydrogen-bond acceptors (Lipinski definition) is 1. The van der Waals surface area contributed by atoms with Crippen LogP contribution in [0.5, 0.6) is 0 Å². The maximum atomic E-state index is 6.11. The average Bonchev–Trinajstić information content (AvgIpc) is 2.70. The maximum absolute atomic E-state index is 6.11. The molecule has 1 aliphatic heterocycles. The van der Waals surface area contributed by atoms with Crippen molar-refractivity contribution in [3.63, 3.8) is 0 Å². The van der Waals surface area contributed by atoms with Crippen molar-refractivity contribution in [2.75, 3.05) is 6.54 Å². The van der Waals surface area contributed by atoms with Crippen LogP contribution in [0.4, 0.5) is 0 Å². The van der Waals surface area contributed by atoms with Crippen LogP contribution in [-0.4, -0.2) is 12.6 Å². The van der Waals surface area contributed by atoms with Gasteiger partial charge in [0, 0.05) is 11.1 Å². The Morgan fingerprint density at radius 1 is 1.43 bits per heavy atom. The van der Waals surface area contributed by atoms with Crippen molar-refractivity contribution < 1.29 is 0 Å². The summed E-state index contributed by atoms with van der Waals surface area (Å²) in [5.41, 5.74) is 2.20. The number of halogens is 1. The van der Waals surface area contributed by atoms with Crippen molar-refractivity contribution in [1.82, 2.24) is 5.32 Å². The van der Waals surface area contributed by atoms with Crippen molar-refractivity contribution in [3.05, 3.63) is 41.4 Å². The van der Waals surface area contributed by atoms with Crippen molar-refractivity contribution in [3.8, 4) is 0 Å². The molecule has 0 spiro atoms. The van der Waals surface area contributed by atoms with Crippen molar-refractivity contribution in [1.29, 1.82) is 0 Å². The van der Waals surface area contributed by atoms with Gasteiger partial charge in [-0.15, -0.1) is 0 Å². The Balaban J connectivity index is 2.22. The second kappa shape index (κ2) is 4.16. The highest BCUT2D eigenvalue weighted by Crippen LogP contribution is 2.27. The molecular formula is C12H14ClN. The van der Waals surface area contributed by atoms with Crippen LogP contribution in [0.15, 0.2) is 30.8 Å². The predicted octanol–water partition coefficient (Wildman–Crippen LogP) is 3.11. The molecule has 0 aliphatic carbocycles. The third kappa shape index (κ3) is 1.84. The van der Waals surface area contributed by atoms with Gasteiger partial charge >= 0.3 is 0 Å². The minimum atomic E-state index is 0.412. The van der Waals surface area contributed by atoms with E-state index in [4.69, 9.17) is 11.6 Å². The maximum Gasteiger partial charge on any atom is 0.0481 e. The average molecular weight is 208 g/mol. The standard InChI is InChI=1S/C12H14ClN/c1-9(12-7-4-8-14-12)10-5-2-3-6-11(10)13/h2-3,5-6,12,14H,1,4,7-8H2. The van der Waals surface area contributed by atoms with Crippen LogP contribution in [0, 0.1) is 0 Å². The van der Waals surface area contributed by atoms with Gasteiger partial charge in [-0.3, -0.25) is 0 Å². The van der Waals surface area contributed by atoms with E-state index in [0.29, 0.717) is 6.04 Å². The Morgan fingerprint density at radius 3 is 2.86 bits per heavy atom. The Labute approximate surface area is 89.8 Å². The first kappa shape index (κ1) is 9.75. The van der Waals surface area contributed by atoms with E-state index < -0.39 is 0 Å². The van der Waals surface area contributed by atoms with Gasteiger partial charge in [-0.2, -0.15) is 0 Å². The lowest BCUT2D eigenvalue weighted by molar-refractivity contribution is 0.745. The fraction of sp³-hybridized carbons (Fsp3) is 0.333. The highest BCUT2D eigenvalue weighted by atomic mass is 35.5. The van der Waals surface area contributed by atoms with E-state index in [1.54, 1.807) is 0 Å². The fourth-order valence-electron chi connectivity index (χ4n) is 1.89. The highest BCUT2D eigenvalue weighted by Gasteiger charge is 2.19. The van der Waals surface area contributed by atoms with Crippen LogP contribution in [0.3, 0.4) is 0 Å². The molecule has 1 aliphatic rings. The third-order valence-electron chi connectivity index (χ3n) is 2.70. The van der Waals surface area contributed by atoms with Gasteiger partial charge in [-0.1, -0.05) is 36.4 Å². The van der Waals surface area contributed by atoms with Crippen LogP contribution >= 0.6 is 11.6 Å². The molecule has 2 heteroatoms. The zero-order valence-corrected chi connectivity index (χ0v) is 8.85. The summed E-state index contributed by atoms with van der Waals surface area (Å²) >= 11 is 6.11. The molecule has 1 atom stereocenters. The molecule has 0 radical (unpaired) electrons. The zero-order chi connectivity index (χ0) is 9.97. The minimum Gasteiger partial charge on any atom is -0.310 e. The monoisotopic (exact) mass is 207 g/mol. The Morgan fingerprint density at radius 2 is 2.21 bits per heavy atom. The van der Waals surface area contributed by atoms with Gasteiger partial charge in [-0.05, 0) is 36.6 Å². The minimum absolute atomic E-state index is 0.412. The van der Waals surface area contributed by atoms with Gasteiger partial charge in [0.1, 0.15) is 0 Å². The second-order valence-electron chi connectivity index (χ2n) is 3.65. The topological polar surface area (TPSA) is 12.0 Å². The van der Waals surface area contributed by atoms with E-state index in [9.17, 15) is 0 Å². The summed E-state index contributed by atoms with van der Waals surface area (Å²) in [5.74, 6) is 0. The van der Waals surface area contributed by atoms with Crippen LogP contribution in [0.2, 0.25) is 5.02 Å². The number of rotatable bonds is 2. The van der Waals surface area contributed by atoms with Crippen LogP contribution < -0.4 is 5.32 Å². The van der Waals surface area contributed by atoms with E-state index in [-0.39, 0.29) is 0 Å². The van der Waals surface area contributed by atoms with E-state index in [0.717, 1.165) is 22.7 Å². The lowest BCUT2D eigenvalue weighted by Crippen LogP contribution is -2.22. The van der Waals surface area contributed by atoms with Crippen LogP contribution in [-0.2, 0) is 0 Å². The van der Waals surface area contributed by atoms with Gasteiger partial charge in [0.05, 0.1) is 0 Å². The van der Waals surface area contributed by atoms with Gasteiger partial charge in [-0.25, -0.2) is 0 Å². The predicted molar refractivity (Wildman–Crippen MR) is 61.5 cm³/mol. The number of benzene rings is 1. The summed E-state index contributed by atoms with van der Waals surface area (Å²) in [5, 5.41) is 4.22. The Hall–Kier alpha value is -0.790. The van der Waals surface area contributed by atoms with Gasteiger partial charge < -0.3 is 5.32 Å². The lowest BCUT2D eigenvalue weighted by atomic mass is 9.99. The summed E-state index contributed by atoms with van der Waals surface area (Å²) < 4.78 is 0. The van der Waals surface area contributed by atoms with Crippen molar-refractivity contribution >= 4 is 17.2 Å². The second-order valence-corrected chi connectivity index (χ2v) is 4.06. The fourth-order valence-corrected chi connectivity index (χ4v) is 2.15. The van der Waals surface area contributed by atoms with E-state index in [1.807, 2.05) is 24.3 Å². The molecule has 1 unspecified atom stereocenters. The molecule has 0 aromatic heterocycles. The van der Waals surface area contributed by atoms with Crippen LogP contribution in [0.25, 0.3) is 5.57 Å².